The molecule has 0 aromatic heterocycles. The zero-order valence-corrected chi connectivity index (χ0v) is 19.5. The van der Waals surface area contributed by atoms with E-state index in [4.69, 9.17) is 4.74 Å². The van der Waals surface area contributed by atoms with Crippen molar-refractivity contribution in [2.75, 3.05) is 32.8 Å². The Morgan fingerprint density at radius 2 is 2.13 bits per heavy atom. The van der Waals surface area contributed by atoms with Crippen molar-refractivity contribution in [3.05, 3.63) is 29.8 Å². The minimum atomic E-state index is -3.63. The molecule has 0 aliphatic carbocycles. The molecule has 9 heteroatoms. The van der Waals surface area contributed by atoms with Crippen molar-refractivity contribution in [2.45, 2.75) is 57.1 Å². The molecule has 31 heavy (non-hydrogen) atoms. The summed E-state index contributed by atoms with van der Waals surface area (Å²) in [6.45, 7) is 10.2. The summed E-state index contributed by atoms with van der Waals surface area (Å²) in [5, 5.41) is 2.98. The maximum Gasteiger partial charge on any atom is 0.263 e. The summed E-state index contributed by atoms with van der Waals surface area (Å²) in [5.41, 5.74) is 0.511. The molecule has 1 aromatic rings. The molecule has 0 bridgehead atoms. The highest BCUT2D eigenvalue weighted by Gasteiger charge is 2.32. The highest BCUT2D eigenvalue weighted by atomic mass is 32.2. The van der Waals surface area contributed by atoms with E-state index in [1.807, 2.05) is 0 Å². The van der Waals surface area contributed by atoms with E-state index in [1.165, 1.54) is 0 Å². The lowest BCUT2D eigenvalue weighted by Gasteiger charge is -2.34. The number of hydrogen-bond acceptors (Lipinski definition) is 6. The van der Waals surface area contributed by atoms with E-state index in [0.717, 1.165) is 32.5 Å². The number of nitrogens with zero attached hydrogens (tertiary/aromatic N) is 2. The lowest BCUT2D eigenvalue weighted by Crippen LogP contribution is -2.49. The quantitative estimate of drug-likeness (QED) is 0.597. The second-order valence-electron chi connectivity index (χ2n) is 8.63. The number of unbranched alkanes of at least 4 members (excludes halogenated alkanes) is 1. The second kappa shape index (κ2) is 10.6. The number of rotatable bonds is 9. The average Bonchev–Trinajstić information content (AvgIpc) is 2.99. The molecule has 0 radical (unpaired) electrons. The monoisotopic (exact) mass is 450 g/mol. The van der Waals surface area contributed by atoms with Crippen LogP contribution in [0.25, 0.3) is 0 Å². The number of carbonyl (C=O) groups is 1. The molecule has 172 valence electrons. The molecule has 2 aliphatic heterocycles. The standard InChI is InChI=1S/C22H34N4O4S/c1-4-5-9-19(24-21-18-8-6-7-10-20(18)31(28,29)25-21)22(27)23-13-17-15-26(11-12-30-17)14-16(2)3/h6-8,10,16-17,19H,4-5,9,11-15H2,1-3H3,(H,23,27)(H,24,25). The van der Waals surface area contributed by atoms with Crippen molar-refractivity contribution in [2.24, 2.45) is 10.9 Å². The van der Waals surface area contributed by atoms with E-state index >= 15 is 0 Å². The number of sulfonamides is 1. The van der Waals surface area contributed by atoms with Gasteiger partial charge in [0.25, 0.3) is 10.0 Å². The van der Waals surface area contributed by atoms with Gasteiger partial charge in [-0.05, 0) is 24.5 Å². The van der Waals surface area contributed by atoms with Crippen molar-refractivity contribution in [3.8, 4) is 0 Å². The number of carbonyl (C=O) groups excluding carboxylic acids is 1. The fourth-order valence-electron chi connectivity index (χ4n) is 3.96. The first-order chi connectivity index (χ1) is 14.8. The van der Waals surface area contributed by atoms with E-state index < -0.39 is 16.1 Å². The van der Waals surface area contributed by atoms with Crippen molar-refractivity contribution < 1.29 is 17.9 Å². The number of amides is 1. The van der Waals surface area contributed by atoms with Crippen LogP contribution < -0.4 is 10.0 Å². The van der Waals surface area contributed by atoms with Gasteiger partial charge in [0.05, 0.1) is 17.6 Å². The number of aliphatic imine (C=N–C) groups is 1. The van der Waals surface area contributed by atoms with Crippen LogP contribution in [0.1, 0.15) is 45.6 Å². The minimum Gasteiger partial charge on any atom is -0.374 e. The number of fused-ring (bicyclic) bond motifs is 1. The zero-order valence-electron chi connectivity index (χ0n) is 18.6. The summed E-state index contributed by atoms with van der Waals surface area (Å²) in [4.78, 5) is 20.0. The topological polar surface area (TPSA) is 100 Å². The third-order valence-electron chi connectivity index (χ3n) is 5.43. The fourth-order valence-corrected chi connectivity index (χ4v) is 5.19. The number of ether oxygens (including phenoxy) is 1. The molecule has 1 amide bonds. The van der Waals surface area contributed by atoms with Crippen LogP contribution in [0.4, 0.5) is 0 Å². The van der Waals surface area contributed by atoms with Crippen LogP contribution in [-0.2, 0) is 19.6 Å². The third kappa shape index (κ3) is 6.27. The molecular weight excluding hydrogens is 416 g/mol. The molecule has 2 aliphatic rings. The summed E-state index contributed by atoms with van der Waals surface area (Å²) in [5.74, 6) is 0.624. The molecule has 2 unspecified atom stereocenters. The van der Waals surface area contributed by atoms with Gasteiger partial charge in [0.1, 0.15) is 11.9 Å². The molecule has 2 N–H and O–H groups in total. The molecule has 1 aromatic carbocycles. The van der Waals surface area contributed by atoms with Gasteiger partial charge >= 0.3 is 0 Å². The van der Waals surface area contributed by atoms with Crippen molar-refractivity contribution in [1.29, 1.82) is 0 Å². The Bertz CT molecular complexity index is 901. The predicted octanol–water partition coefficient (Wildman–Crippen LogP) is 1.76. The lowest BCUT2D eigenvalue weighted by molar-refractivity contribution is -0.123. The van der Waals surface area contributed by atoms with E-state index in [-0.39, 0.29) is 22.7 Å². The molecule has 3 rings (SSSR count). The van der Waals surface area contributed by atoms with E-state index in [0.29, 0.717) is 31.1 Å². The molecule has 2 heterocycles. The number of hydrogen-bond donors (Lipinski definition) is 2. The first-order valence-corrected chi connectivity index (χ1v) is 12.6. The number of benzene rings is 1. The molecular formula is C22H34N4O4S. The van der Waals surface area contributed by atoms with Crippen molar-refractivity contribution in [3.63, 3.8) is 0 Å². The molecule has 0 saturated carbocycles. The molecule has 1 fully saturated rings. The van der Waals surface area contributed by atoms with Crippen LogP contribution in [0.15, 0.2) is 34.2 Å². The van der Waals surface area contributed by atoms with Crippen LogP contribution >= 0.6 is 0 Å². The zero-order chi connectivity index (χ0) is 22.4. The maximum atomic E-state index is 12.9. The Morgan fingerprint density at radius 1 is 1.35 bits per heavy atom. The SMILES string of the molecule is CCCCC(N=C1NS(=O)(=O)c2ccccc21)C(=O)NCC1CN(CC(C)C)CCO1. The van der Waals surface area contributed by atoms with Crippen molar-refractivity contribution in [1.82, 2.24) is 14.9 Å². The van der Waals surface area contributed by atoms with Crippen molar-refractivity contribution >= 4 is 21.8 Å². The Labute approximate surface area is 185 Å². The first-order valence-electron chi connectivity index (χ1n) is 11.1. The predicted molar refractivity (Wildman–Crippen MR) is 121 cm³/mol. The Morgan fingerprint density at radius 3 is 2.87 bits per heavy atom. The van der Waals surface area contributed by atoms with E-state index in [9.17, 15) is 13.2 Å². The van der Waals surface area contributed by atoms with Gasteiger partial charge in [0.2, 0.25) is 5.91 Å². The van der Waals surface area contributed by atoms with E-state index in [2.05, 4.69) is 40.7 Å². The van der Waals surface area contributed by atoms with Gasteiger partial charge in [-0.3, -0.25) is 19.4 Å². The summed E-state index contributed by atoms with van der Waals surface area (Å²) in [6.07, 6.45) is 2.25. The summed E-state index contributed by atoms with van der Waals surface area (Å²) in [7, 11) is -3.63. The summed E-state index contributed by atoms with van der Waals surface area (Å²) < 4.78 is 33.0. The van der Waals surface area contributed by atoms with Gasteiger partial charge in [-0.25, -0.2) is 8.42 Å². The van der Waals surface area contributed by atoms with Gasteiger partial charge in [-0.15, -0.1) is 0 Å². The lowest BCUT2D eigenvalue weighted by atomic mass is 10.1. The normalized spacial score (nSPS) is 22.8. The van der Waals surface area contributed by atoms with E-state index in [1.54, 1.807) is 24.3 Å². The van der Waals surface area contributed by atoms with Crippen LogP contribution in [0.3, 0.4) is 0 Å². The molecule has 2 atom stereocenters. The fraction of sp³-hybridized carbons (Fsp3) is 0.636. The van der Waals surface area contributed by atoms with Crippen LogP contribution in [0.2, 0.25) is 0 Å². The second-order valence-corrected chi connectivity index (χ2v) is 10.3. The summed E-state index contributed by atoms with van der Waals surface area (Å²) in [6, 6.07) is 6.04. The van der Waals surface area contributed by atoms with Gasteiger partial charge in [0, 0.05) is 31.7 Å². The number of amidine groups is 1. The van der Waals surface area contributed by atoms with Crippen LogP contribution in [-0.4, -0.2) is 70.0 Å². The summed E-state index contributed by atoms with van der Waals surface area (Å²) >= 11 is 0. The maximum absolute atomic E-state index is 12.9. The number of morpholine rings is 1. The Hall–Kier alpha value is -1.97. The van der Waals surface area contributed by atoms with Gasteiger partial charge in [-0.2, -0.15) is 0 Å². The van der Waals surface area contributed by atoms with Gasteiger partial charge in [0.15, 0.2) is 0 Å². The van der Waals surface area contributed by atoms with Gasteiger partial charge < -0.3 is 10.1 Å². The molecule has 1 saturated heterocycles. The van der Waals surface area contributed by atoms with Crippen LogP contribution in [0.5, 0.6) is 0 Å². The smallest absolute Gasteiger partial charge is 0.263 e. The third-order valence-corrected chi connectivity index (χ3v) is 6.83. The highest BCUT2D eigenvalue weighted by molar-refractivity contribution is 7.90. The Kier molecular flexibility index (Phi) is 8.07. The van der Waals surface area contributed by atoms with Gasteiger partial charge in [-0.1, -0.05) is 45.7 Å². The molecule has 8 nitrogen and oxygen atoms in total. The van der Waals surface area contributed by atoms with Crippen LogP contribution in [0, 0.1) is 5.92 Å². The minimum absolute atomic E-state index is 0.0540. The highest BCUT2D eigenvalue weighted by Crippen LogP contribution is 2.23. The average molecular weight is 451 g/mol. The largest absolute Gasteiger partial charge is 0.374 e. The number of nitrogens with one attached hydrogen (secondary N) is 2. The molecule has 0 spiro atoms. The Balaban J connectivity index is 1.67. The first kappa shape index (κ1) is 23.7.